The Kier molecular flexibility index (Phi) is 3.96. The monoisotopic (exact) mass is 263 g/mol. The predicted octanol–water partition coefficient (Wildman–Crippen LogP) is 1.42. The molecule has 0 saturated heterocycles. The second kappa shape index (κ2) is 5.66. The molecule has 0 aliphatic carbocycles. The maximum atomic E-state index is 5.72. The van der Waals surface area contributed by atoms with Crippen LogP contribution in [-0.2, 0) is 17.9 Å². The van der Waals surface area contributed by atoms with Crippen molar-refractivity contribution in [1.29, 1.82) is 0 Å². The van der Waals surface area contributed by atoms with Gasteiger partial charge in [0.15, 0.2) is 5.82 Å². The molecule has 0 radical (unpaired) electrons. The SMILES string of the molecule is COCc1nc(N)cc(NCc2c(C)noc2C)n1. The summed E-state index contributed by atoms with van der Waals surface area (Å²) >= 11 is 0. The summed E-state index contributed by atoms with van der Waals surface area (Å²) < 4.78 is 10.1. The van der Waals surface area contributed by atoms with Gasteiger partial charge in [0.2, 0.25) is 0 Å². The van der Waals surface area contributed by atoms with Gasteiger partial charge in [-0.1, -0.05) is 5.16 Å². The molecule has 7 heteroatoms. The number of rotatable bonds is 5. The lowest BCUT2D eigenvalue weighted by Gasteiger charge is -2.07. The molecule has 102 valence electrons. The molecule has 0 atom stereocenters. The highest BCUT2D eigenvalue weighted by Gasteiger charge is 2.09. The number of nitrogens with two attached hydrogens (primary N) is 1. The van der Waals surface area contributed by atoms with E-state index in [-0.39, 0.29) is 0 Å². The van der Waals surface area contributed by atoms with Gasteiger partial charge >= 0.3 is 0 Å². The summed E-state index contributed by atoms with van der Waals surface area (Å²) in [5, 5.41) is 7.08. The molecule has 0 aliphatic rings. The number of aromatic nitrogens is 3. The normalized spacial score (nSPS) is 10.7. The van der Waals surface area contributed by atoms with Crippen molar-refractivity contribution in [3.63, 3.8) is 0 Å². The van der Waals surface area contributed by atoms with Crippen molar-refractivity contribution in [3.05, 3.63) is 28.9 Å². The van der Waals surface area contributed by atoms with E-state index in [1.165, 1.54) is 0 Å². The van der Waals surface area contributed by atoms with Crippen LogP contribution >= 0.6 is 0 Å². The number of nitrogens with zero attached hydrogens (tertiary/aromatic N) is 3. The molecule has 7 nitrogen and oxygen atoms in total. The van der Waals surface area contributed by atoms with Gasteiger partial charge in [-0.2, -0.15) is 0 Å². The molecule has 2 heterocycles. The first kappa shape index (κ1) is 13.3. The third kappa shape index (κ3) is 3.19. The summed E-state index contributed by atoms with van der Waals surface area (Å²) in [6.07, 6.45) is 0. The summed E-state index contributed by atoms with van der Waals surface area (Å²) in [6, 6.07) is 1.68. The van der Waals surface area contributed by atoms with Gasteiger partial charge in [0.25, 0.3) is 0 Å². The molecule has 0 aromatic carbocycles. The first-order valence-corrected chi connectivity index (χ1v) is 5.88. The van der Waals surface area contributed by atoms with Crippen LogP contribution in [0.4, 0.5) is 11.6 Å². The van der Waals surface area contributed by atoms with Crippen LogP contribution in [0.25, 0.3) is 0 Å². The van der Waals surface area contributed by atoms with Crippen molar-refractivity contribution in [3.8, 4) is 0 Å². The smallest absolute Gasteiger partial charge is 0.158 e. The van der Waals surface area contributed by atoms with Gasteiger partial charge < -0.3 is 20.3 Å². The lowest BCUT2D eigenvalue weighted by molar-refractivity contribution is 0.178. The molecule has 0 amide bonds. The summed E-state index contributed by atoms with van der Waals surface area (Å²) in [4.78, 5) is 8.38. The van der Waals surface area contributed by atoms with Gasteiger partial charge in [-0.15, -0.1) is 0 Å². The minimum absolute atomic E-state index is 0.324. The molecular weight excluding hydrogens is 246 g/mol. The van der Waals surface area contributed by atoms with Crippen LogP contribution in [0.15, 0.2) is 10.6 Å². The molecule has 2 rings (SSSR count). The Morgan fingerprint density at radius 2 is 2.16 bits per heavy atom. The molecule has 19 heavy (non-hydrogen) atoms. The van der Waals surface area contributed by atoms with Crippen LogP contribution in [-0.4, -0.2) is 22.2 Å². The fourth-order valence-corrected chi connectivity index (χ4v) is 1.74. The summed E-state index contributed by atoms with van der Waals surface area (Å²) in [5.74, 6) is 2.40. The van der Waals surface area contributed by atoms with Crippen LogP contribution in [0.1, 0.15) is 22.8 Å². The predicted molar refractivity (Wildman–Crippen MR) is 70.5 cm³/mol. The largest absolute Gasteiger partial charge is 0.384 e. The van der Waals surface area contributed by atoms with Crippen molar-refractivity contribution in [2.45, 2.75) is 27.0 Å². The van der Waals surface area contributed by atoms with E-state index in [0.717, 1.165) is 17.0 Å². The first-order chi connectivity index (χ1) is 9.10. The van der Waals surface area contributed by atoms with E-state index < -0.39 is 0 Å². The van der Waals surface area contributed by atoms with Gasteiger partial charge in [-0.05, 0) is 13.8 Å². The van der Waals surface area contributed by atoms with Crippen molar-refractivity contribution in [1.82, 2.24) is 15.1 Å². The lowest BCUT2D eigenvalue weighted by atomic mass is 10.2. The third-order valence-electron chi connectivity index (χ3n) is 2.69. The quantitative estimate of drug-likeness (QED) is 0.841. The molecule has 0 bridgehead atoms. The highest BCUT2D eigenvalue weighted by Crippen LogP contribution is 2.15. The van der Waals surface area contributed by atoms with E-state index in [2.05, 4.69) is 20.4 Å². The zero-order chi connectivity index (χ0) is 13.8. The average molecular weight is 263 g/mol. The van der Waals surface area contributed by atoms with Crippen LogP contribution in [0.5, 0.6) is 0 Å². The molecule has 0 unspecified atom stereocenters. The topological polar surface area (TPSA) is 99.1 Å². The Bertz CT molecular complexity index is 548. The number of hydrogen-bond acceptors (Lipinski definition) is 7. The van der Waals surface area contributed by atoms with Gasteiger partial charge in [0.05, 0.1) is 5.69 Å². The summed E-state index contributed by atoms with van der Waals surface area (Å²) in [5.41, 5.74) is 7.60. The van der Waals surface area contributed by atoms with E-state index in [1.54, 1.807) is 13.2 Å². The Morgan fingerprint density at radius 3 is 2.79 bits per heavy atom. The Hall–Kier alpha value is -2.15. The molecule has 0 aliphatic heterocycles. The molecule has 0 saturated carbocycles. The van der Waals surface area contributed by atoms with Crippen molar-refractivity contribution in [2.75, 3.05) is 18.2 Å². The zero-order valence-corrected chi connectivity index (χ0v) is 11.2. The molecule has 0 fully saturated rings. The first-order valence-electron chi connectivity index (χ1n) is 5.88. The van der Waals surface area contributed by atoms with Crippen molar-refractivity contribution >= 4 is 11.6 Å². The number of nitrogen functional groups attached to an aromatic ring is 1. The maximum Gasteiger partial charge on any atom is 0.158 e. The fourth-order valence-electron chi connectivity index (χ4n) is 1.74. The molecule has 0 spiro atoms. The van der Waals surface area contributed by atoms with E-state index in [0.29, 0.717) is 30.6 Å². The highest BCUT2D eigenvalue weighted by atomic mass is 16.5. The Balaban J connectivity index is 2.11. The number of methoxy groups -OCH3 is 1. The maximum absolute atomic E-state index is 5.72. The third-order valence-corrected chi connectivity index (χ3v) is 2.69. The second-order valence-electron chi connectivity index (χ2n) is 4.18. The minimum Gasteiger partial charge on any atom is -0.384 e. The summed E-state index contributed by atoms with van der Waals surface area (Å²) in [6.45, 7) is 4.68. The van der Waals surface area contributed by atoms with Crippen LogP contribution in [0.3, 0.4) is 0 Å². The van der Waals surface area contributed by atoms with E-state index in [4.69, 9.17) is 15.0 Å². The number of aryl methyl sites for hydroxylation is 2. The van der Waals surface area contributed by atoms with Crippen molar-refractivity contribution in [2.24, 2.45) is 0 Å². The zero-order valence-electron chi connectivity index (χ0n) is 11.2. The van der Waals surface area contributed by atoms with Gasteiger partial charge in [0, 0.05) is 25.3 Å². The molecule has 2 aromatic heterocycles. The average Bonchev–Trinajstić information content (AvgIpc) is 2.66. The second-order valence-corrected chi connectivity index (χ2v) is 4.18. The Morgan fingerprint density at radius 1 is 1.37 bits per heavy atom. The number of hydrogen-bond donors (Lipinski definition) is 2. The van der Waals surface area contributed by atoms with Crippen LogP contribution in [0, 0.1) is 13.8 Å². The fraction of sp³-hybridized carbons (Fsp3) is 0.417. The Labute approximate surface area is 111 Å². The highest BCUT2D eigenvalue weighted by molar-refractivity contribution is 5.45. The van der Waals surface area contributed by atoms with Gasteiger partial charge in [-0.3, -0.25) is 0 Å². The molecule has 2 aromatic rings. The van der Waals surface area contributed by atoms with Crippen LogP contribution < -0.4 is 11.1 Å². The lowest BCUT2D eigenvalue weighted by Crippen LogP contribution is -2.08. The number of anilines is 2. The van der Waals surface area contributed by atoms with E-state index >= 15 is 0 Å². The van der Waals surface area contributed by atoms with Crippen molar-refractivity contribution < 1.29 is 9.26 Å². The number of nitrogens with one attached hydrogen (secondary N) is 1. The van der Waals surface area contributed by atoms with Gasteiger partial charge in [0.1, 0.15) is 24.0 Å². The molecular formula is C12H17N5O2. The summed E-state index contributed by atoms with van der Waals surface area (Å²) in [7, 11) is 1.59. The molecule has 3 N–H and O–H groups in total. The minimum atomic E-state index is 0.324. The van der Waals surface area contributed by atoms with Gasteiger partial charge in [-0.25, -0.2) is 9.97 Å². The number of ether oxygens (including phenoxy) is 1. The standard InChI is InChI=1S/C12H17N5O2/c1-7-9(8(2)19-17-7)5-14-11-4-10(13)15-12(16-11)6-18-3/h4H,5-6H2,1-3H3,(H3,13,14,15,16). The van der Waals surface area contributed by atoms with E-state index in [9.17, 15) is 0 Å². The van der Waals surface area contributed by atoms with Crippen LogP contribution in [0.2, 0.25) is 0 Å². The van der Waals surface area contributed by atoms with E-state index in [1.807, 2.05) is 13.8 Å².